The van der Waals surface area contributed by atoms with Gasteiger partial charge in [0.25, 0.3) is 0 Å². The molecule has 0 aromatic heterocycles. The number of nitrogens with zero attached hydrogens (tertiary/aromatic N) is 2. The quantitative estimate of drug-likeness (QED) is 0.275. The number of ether oxygens (including phenoxy) is 1. The molecule has 0 bridgehead atoms. The molecule has 1 atom stereocenters. The van der Waals surface area contributed by atoms with Gasteiger partial charge in [0.1, 0.15) is 6.10 Å². The molecule has 5 nitrogen and oxygen atoms in total. The Morgan fingerprint density at radius 2 is 2.33 bits per heavy atom. The van der Waals surface area contributed by atoms with Crippen molar-refractivity contribution < 1.29 is 14.4 Å². The van der Waals surface area contributed by atoms with Crippen LogP contribution in [0, 0.1) is 5.21 Å². The van der Waals surface area contributed by atoms with E-state index in [0.29, 0.717) is 11.3 Å². The molecule has 0 saturated carbocycles. The van der Waals surface area contributed by atoms with Crippen LogP contribution in [-0.4, -0.2) is 30.5 Å². The highest BCUT2D eigenvalue weighted by atomic mass is 16.5. The lowest BCUT2D eigenvalue weighted by molar-refractivity contribution is -0.529. The third-order valence-electron chi connectivity index (χ3n) is 1.32. The molecule has 0 aliphatic rings. The van der Waals surface area contributed by atoms with Crippen LogP contribution in [0.4, 0.5) is 0 Å². The van der Waals surface area contributed by atoms with E-state index in [4.69, 9.17) is 4.74 Å². The second-order valence-corrected chi connectivity index (χ2v) is 2.48. The van der Waals surface area contributed by atoms with Crippen molar-refractivity contribution in [3.8, 4) is 0 Å². The van der Waals surface area contributed by atoms with E-state index < -0.39 is 0 Å². The molecule has 0 radical (unpaired) electrons. The fourth-order valence-corrected chi connectivity index (χ4v) is 0.734. The lowest BCUT2D eigenvalue weighted by atomic mass is 10.3. The summed E-state index contributed by atoms with van der Waals surface area (Å²) in [7, 11) is 1.42. The minimum Gasteiger partial charge on any atom is -0.600 e. The summed E-state index contributed by atoms with van der Waals surface area (Å²) in [5, 5.41) is 14.0. The Kier molecular flexibility index (Phi) is 4.99. The summed E-state index contributed by atoms with van der Waals surface area (Å²) in [5.41, 5.74) is 0. The number of esters is 1. The predicted octanol–water partition coefficient (Wildman–Crippen LogP) is 0.920. The van der Waals surface area contributed by atoms with Crippen LogP contribution in [0.3, 0.4) is 0 Å². The highest BCUT2D eigenvalue weighted by Crippen LogP contribution is 1.97. The van der Waals surface area contributed by atoms with Crippen LogP contribution in [0.25, 0.3) is 0 Å². The summed E-state index contributed by atoms with van der Waals surface area (Å²) >= 11 is 0. The third kappa shape index (κ3) is 5.64. The molecule has 0 heterocycles. The van der Waals surface area contributed by atoms with Crippen molar-refractivity contribution >= 4 is 5.97 Å². The Hall–Kier alpha value is -1.13. The monoisotopic (exact) mass is 174 g/mol. The maximum Gasteiger partial charge on any atom is 0.302 e. The molecule has 0 fully saturated rings. The van der Waals surface area contributed by atoms with Crippen LogP contribution >= 0.6 is 0 Å². The van der Waals surface area contributed by atoms with Crippen LogP contribution in [0.1, 0.15) is 20.3 Å². The zero-order valence-corrected chi connectivity index (χ0v) is 7.61. The fraction of sp³-hybridized carbons (Fsp3) is 0.857. The van der Waals surface area contributed by atoms with Crippen molar-refractivity contribution in [3.63, 3.8) is 0 Å². The van der Waals surface area contributed by atoms with E-state index in [1.54, 1.807) is 6.92 Å². The Morgan fingerprint density at radius 1 is 1.75 bits per heavy atom. The number of rotatable bonds is 4. The van der Waals surface area contributed by atoms with Crippen molar-refractivity contribution in [1.82, 2.24) is 0 Å². The van der Waals surface area contributed by atoms with Gasteiger partial charge in [-0.25, -0.2) is 0 Å². The first-order chi connectivity index (χ1) is 5.56. The molecule has 0 rings (SSSR count). The highest BCUT2D eigenvalue weighted by molar-refractivity contribution is 5.66. The van der Waals surface area contributed by atoms with Gasteiger partial charge in [0.2, 0.25) is 0 Å². The molecule has 1 unspecified atom stereocenters. The Labute approximate surface area is 71.6 Å². The molecule has 12 heavy (non-hydrogen) atoms. The normalized spacial score (nSPS) is 14.1. The van der Waals surface area contributed by atoms with Crippen molar-refractivity contribution in [2.45, 2.75) is 26.4 Å². The Bertz CT molecular complexity index is 179. The van der Waals surface area contributed by atoms with Crippen LogP contribution in [0.2, 0.25) is 0 Å². The van der Waals surface area contributed by atoms with E-state index in [1.165, 1.54) is 14.0 Å². The second kappa shape index (κ2) is 5.51. The summed E-state index contributed by atoms with van der Waals surface area (Å²) in [5.74, 6) is -0.326. The van der Waals surface area contributed by atoms with E-state index in [0.717, 1.165) is 0 Å². The summed E-state index contributed by atoms with van der Waals surface area (Å²) in [6, 6.07) is 0. The van der Waals surface area contributed by atoms with Crippen LogP contribution < -0.4 is 0 Å². The molecule has 0 aliphatic heterocycles. The van der Waals surface area contributed by atoms with Gasteiger partial charge < -0.3 is 9.94 Å². The molecule has 0 saturated heterocycles. The van der Waals surface area contributed by atoms with E-state index in [1.807, 2.05) is 0 Å². The lowest BCUT2D eigenvalue weighted by Crippen LogP contribution is -2.16. The second-order valence-electron chi connectivity index (χ2n) is 2.48. The molecule has 5 heteroatoms. The van der Waals surface area contributed by atoms with Crippen LogP contribution in [0.15, 0.2) is 5.11 Å². The maximum absolute atomic E-state index is 10.6. The molecule has 0 aromatic carbocycles. The van der Waals surface area contributed by atoms with Gasteiger partial charge >= 0.3 is 5.97 Å². The van der Waals surface area contributed by atoms with Crippen molar-refractivity contribution in [2.75, 3.05) is 13.6 Å². The largest absolute Gasteiger partial charge is 0.600 e. The predicted molar refractivity (Wildman–Crippen MR) is 42.7 cm³/mol. The standard InChI is InChI=1S/C7H14N2O3/c1-6(12-7(2)10)4-5-9(11)8-3/h6H,4-5H2,1-3H3/b9-8-. The Balaban J connectivity index is 3.57. The van der Waals surface area contributed by atoms with Gasteiger partial charge in [0.15, 0.2) is 6.54 Å². The zero-order chi connectivity index (χ0) is 9.56. The van der Waals surface area contributed by atoms with Gasteiger partial charge in [-0.15, -0.1) is 0 Å². The highest BCUT2D eigenvalue weighted by Gasteiger charge is 2.07. The van der Waals surface area contributed by atoms with Gasteiger partial charge in [-0.05, 0) is 12.0 Å². The molecule has 70 valence electrons. The van der Waals surface area contributed by atoms with E-state index >= 15 is 0 Å². The number of carbonyl (C=O) groups is 1. The molecule has 0 aromatic rings. The zero-order valence-electron chi connectivity index (χ0n) is 7.61. The first kappa shape index (κ1) is 10.9. The molecule has 0 aliphatic carbocycles. The molecule has 0 spiro atoms. The summed E-state index contributed by atoms with van der Waals surface area (Å²) < 4.78 is 4.80. The van der Waals surface area contributed by atoms with Crippen molar-refractivity contribution in [2.24, 2.45) is 5.11 Å². The summed E-state index contributed by atoms with van der Waals surface area (Å²) in [4.78, 5) is 11.0. The van der Waals surface area contributed by atoms with Gasteiger partial charge in [0.05, 0.1) is 7.05 Å². The van der Waals surface area contributed by atoms with Gasteiger partial charge in [-0.3, -0.25) is 4.79 Å². The minimum absolute atomic E-state index is 0.222. The van der Waals surface area contributed by atoms with Gasteiger partial charge in [0, 0.05) is 13.3 Å². The molecular formula is C7H14N2O3. The van der Waals surface area contributed by atoms with Gasteiger partial charge in [-0.1, -0.05) is 4.86 Å². The lowest BCUT2D eigenvalue weighted by Gasteiger charge is -2.09. The van der Waals surface area contributed by atoms with Crippen molar-refractivity contribution in [1.29, 1.82) is 0 Å². The number of hydrogen-bond acceptors (Lipinski definition) is 4. The smallest absolute Gasteiger partial charge is 0.302 e. The molecule has 0 amide bonds. The number of carbonyl (C=O) groups excluding carboxylic acids is 1. The Morgan fingerprint density at radius 3 is 2.75 bits per heavy atom. The maximum atomic E-state index is 10.6. The number of hydroxylamine groups is 1. The number of hydrogen-bond donors (Lipinski definition) is 0. The average Bonchev–Trinajstić information content (AvgIpc) is 1.99. The average molecular weight is 174 g/mol. The van der Waals surface area contributed by atoms with E-state index in [-0.39, 0.29) is 18.6 Å². The summed E-state index contributed by atoms with van der Waals surface area (Å²) in [6.07, 6.45) is 0.279. The van der Waals surface area contributed by atoms with Crippen molar-refractivity contribution in [3.05, 3.63) is 5.21 Å². The number of azo groups is 1. The van der Waals surface area contributed by atoms with Crippen LogP contribution in [0.5, 0.6) is 0 Å². The SMILES string of the molecule is C/N=[N+](\[O-])CCC(C)OC(C)=O. The van der Waals surface area contributed by atoms with E-state index in [2.05, 4.69) is 5.11 Å². The molecule has 0 N–H and O–H groups in total. The summed E-state index contributed by atoms with van der Waals surface area (Å²) in [6.45, 7) is 3.34. The topological polar surface area (TPSA) is 64.7 Å². The third-order valence-corrected chi connectivity index (χ3v) is 1.32. The van der Waals surface area contributed by atoms with Crippen LogP contribution in [-0.2, 0) is 9.53 Å². The van der Waals surface area contributed by atoms with Gasteiger partial charge in [-0.2, -0.15) is 0 Å². The molecular weight excluding hydrogens is 160 g/mol. The fourth-order valence-electron chi connectivity index (χ4n) is 0.734. The first-order valence-corrected chi connectivity index (χ1v) is 3.78. The van der Waals surface area contributed by atoms with E-state index in [9.17, 15) is 10.0 Å². The minimum atomic E-state index is -0.326. The first-order valence-electron chi connectivity index (χ1n) is 3.78.